The molecule has 0 saturated carbocycles. The molecule has 0 aliphatic rings. The number of methoxy groups -OCH3 is 2. The van der Waals surface area contributed by atoms with Crippen LogP contribution in [0.2, 0.25) is 0 Å². The maximum Gasteiger partial charge on any atom is 0.343 e. The van der Waals surface area contributed by atoms with E-state index in [9.17, 15) is 18.4 Å². The second-order valence-electron chi connectivity index (χ2n) is 6.22. The summed E-state index contributed by atoms with van der Waals surface area (Å²) in [5.74, 6) is -1.56. The molecule has 30 heavy (non-hydrogen) atoms. The molecule has 0 N–H and O–H groups in total. The van der Waals surface area contributed by atoms with Crippen LogP contribution in [0.15, 0.2) is 59.4 Å². The van der Waals surface area contributed by atoms with Crippen molar-refractivity contribution >= 4 is 12.0 Å². The van der Waals surface area contributed by atoms with Crippen LogP contribution in [0, 0.1) is 11.6 Å². The van der Waals surface area contributed by atoms with Crippen molar-refractivity contribution in [3.63, 3.8) is 0 Å². The predicted octanol–water partition coefficient (Wildman–Crippen LogP) is 3.70. The van der Waals surface area contributed by atoms with Crippen molar-refractivity contribution in [2.24, 2.45) is 0 Å². The molecule has 0 spiro atoms. The van der Waals surface area contributed by atoms with E-state index in [1.807, 2.05) is 0 Å². The van der Waals surface area contributed by atoms with Crippen LogP contribution in [0.1, 0.15) is 15.9 Å². The Kier molecular flexibility index (Phi) is 6.36. The van der Waals surface area contributed by atoms with Gasteiger partial charge < -0.3 is 9.47 Å². The molecule has 8 heteroatoms. The van der Waals surface area contributed by atoms with Gasteiger partial charge in [0, 0.05) is 17.2 Å². The fourth-order valence-corrected chi connectivity index (χ4v) is 2.74. The van der Waals surface area contributed by atoms with Gasteiger partial charge in [0.2, 0.25) is 0 Å². The Balaban J connectivity index is 1.98. The number of ether oxygens (including phenoxy) is 2. The fraction of sp³-hybridized carbons (Fsp3) is 0.136. The number of nitrogens with zero attached hydrogens (tertiary/aromatic N) is 2. The molecule has 3 aromatic rings. The van der Waals surface area contributed by atoms with Gasteiger partial charge in [-0.1, -0.05) is 12.2 Å². The molecule has 0 bridgehead atoms. The maximum absolute atomic E-state index is 13.8. The van der Waals surface area contributed by atoms with E-state index in [4.69, 9.17) is 9.47 Å². The normalized spacial score (nSPS) is 10.9. The molecular weight excluding hydrogens is 394 g/mol. The number of benzene rings is 2. The van der Waals surface area contributed by atoms with Crippen LogP contribution in [0.3, 0.4) is 0 Å². The number of halogens is 2. The SMILES string of the molecule is COC(=O)c1cc(-c2ccc(OC)cc2)nn(CC=Cc2ccc(F)cc2F)c1=O. The van der Waals surface area contributed by atoms with E-state index in [2.05, 4.69) is 5.10 Å². The third-order valence-corrected chi connectivity index (χ3v) is 4.30. The third-order valence-electron chi connectivity index (χ3n) is 4.30. The highest BCUT2D eigenvalue weighted by Gasteiger charge is 2.16. The Morgan fingerprint density at radius 1 is 1.10 bits per heavy atom. The minimum atomic E-state index is -0.792. The van der Waals surface area contributed by atoms with Crippen LogP contribution in [-0.2, 0) is 11.3 Å². The quantitative estimate of drug-likeness (QED) is 0.578. The number of carbonyl (C=O) groups excluding carboxylic acids is 1. The van der Waals surface area contributed by atoms with E-state index in [1.54, 1.807) is 31.4 Å². The van der Waals surface area contributed by atoms with Gasteiger partial charge in [0.15, 0.2) is 0 Å². The minimum absolute atomic E-state index is 0.0381. The van der Waals surface area contributed by atoms with Crippen molar-refractivity contribution < 1.29 is 23.0 Å². The topological polar surface area (TPSA) is 70.4 Å². The summed E-state index contributed by atoms with van der Waals surface area (Å²) in [5.41, 5.74) is 0.356. The predicted molar refractivity (Wildman–Crippen MR) is 107 cm³/mol. The summed E-state index contributed by atoms with van der Waals surface area (Å²) in [5, 5.41) is 4.29. The highest BCUT2D eigenvalue weighted by molar-refractivity contribution is 5.90. The van der Waals surface area contributed by atoms with E-state index in [1.165, 1.54) is 31.4 Å². The number of aromatic nitrogens is 2. The second-order valence-corrected chi connectivity index (χ2v) is 6.22. The molecule has 0 amide bonds. The first kappa shape index (κ1) is 20.9. The summed E-state index contributed by atoms with van der Waals surface area (Å²) in [4.78, 5) is 24.7. The average Bonchev–Trinajstić information content (AvgIpc) is 2.76. The zero-order valence-corrected chi connectivity index (χ0v) is 16.3. The Labute approximate surface area is 171 Å². The van der Waals surface area contributed by atoms with Crippen molar-refractivity contribution in [3.05, 3.63) is 87.7 Å². The molecule has 1 heterocycles. The first-order chi connectivity index (χ1) is 14.4. The van der Waals surface area contributed by atoms with E-state index >= 15 is 0 Å². The lowest BCUT2D eigenvalue weighted by molar-refractivity contribution is 0.0597. The number of esters is 1. The minimum Gasteiger partial charge on any atom is -0.497 e. The molecule has 2 aromatic carbocycles. The maximum atomic E-state index is 13.8. The molecule has 3 rings (SSSR count). The summed E-state index contributed by atoms with van der Waals surface area (Å²) in [7, 11) is 2.72. The average molecular weight is 412 g/mol. The molecule has 0 unspecified atom stereocenters. The Morgan fingerprint density at radius 3 is 2.47 bits per heavy atom. The number of hydrogen-bond donors (Lipinski definition) is 0. The summed E-state index contributed by atoms with van der Waals surface area (Å²) < 4.78 is 37.7. The summed E-state index contributed by atoms with van der Waals surface area (Å²) in [6, 6.07) is 11.5. The Morgan fingerprint density at radius 2 is 1.83 bits per heavy atom. The number of allylic oxidation sites excluding steroid dienone is 1. The van der Waals surface area contributed by atoms with Crippen LogP contribution in [-0.4, -0.2) is 30.0 Å². The van der Waals surface area contributed by atoms with Crippen molar-refractivity contribution in [2.45, 2.75) is 6.54 Å². The molecule has 0 radical (unpaired) electrons. The Hall–Kier alpha value is -3.81. The van der Waals surface area contributed by atoms with Gasteiger partial charge in [-0.05, 0) is 42.5 Å². The molecule has 0 aliphatic carbocycles. The molecule has 0 atom stereocenters. The molecule has 0 saturated heterocycles. The van der Waals surface area contributed by atoms with Gasteiger partial charge in [0.1, 0.15) is 22.9 Å². The standard InChI is InChI=1S/C22H18F2N2O4/c1-29-17-9-6-15(7-10-17)20-13-18(22(28)30-2)21(27)26(25-20)11-3-4-14-5-8-16(23)12-19(14)24/h3-10,12-13H,11H2,1-2H3. The van der Waals surface area contributed by atoms with E-state index in [0.717, 1.165) is 16.8 Å². The zero-order valence-electron chi connectivity index (χ0n) is 16.3. The van der Waals surface area contributed by atoms with Gasteiger partial charge in [-0.3, -0.25) is 4.79 Å². The first-order valence-electron chi connectivity index (χ1n) is 8.89. The van der Waals surface area contributed by atoms with E-state index < -0.39 is 23.2 Å². The van der Waals surface area contributed by atoms with Gasteiger partial charge in [0.25, 0.3) is 5.56 Å². The van der Waals surface area contributed by atoms with Crippen LogP contribution >= 0.6 is 0 Å². The van der Waals surface area contributed by atoms with Gasteiger partial charge >= 0.3 is 5.97 Å². The summed E-state index contributed by atoms with van der Waals surface area (Å²) in [6.07, 6.45) is 2.89. The summed E-state index contributed by atoms with van der Waals surface area (Å²) in [6.45, 7) is -0.0381. The lowest BCUT2D eigenvalue weighted by atomic mass is 10.1. The van der Waals surface area contributed by atoms with Gasteiger partial charge in [-0.2, -0.15) is 5.10 Å². The van der Waals surface area contributed by atoms with Crippen molar-refractivity contribution in [1.29, 1.82) is 0 Å². The lowest BCUT2D eigenvalue weighted by Crippen LogP contribution is -2.29. The number of hydrogen-bond acceptors (Lipinski definition) is 5. The highest BCUT2D eigenvalue weighted by atomic mass is 19.1. The zero-order chi connectivity index (χ0) is 21.7. The van der Waals surface area contributed by atoms with E-state index in [0.29, 0.717) is 17.0 Å². The molecule has 0 fully saturated rings. The molecular formula is C22H18F2N2O4. The number of rotatable bonds is 6. The lowest BCUT2D eigenvalue weighted by Gasteiger charge is -2.09. The third kappa shape index (κ3) is 4.60. The van der Waals surface area contributed by atoms with Crippen LogP contribution in [0.4, 0.5) is 8.78 Å². The molecule has 1 aromatic heterocycles. The molecule has 0 aliphatic heterocycles. The monoisotopic (exact) mass is 412 g/mol. The highest BCUT2D eigenvalue weighted by Crippen LogP contribution is 2.21. The summed E-state index contributed by atoms with van der Waals surface area (Å²) >= 11 is 0. The van der Waals surface area contributed by atoms with Gasteiger partial charge in [-0.25, -0.2) is 18.3 Å². The van der Waals surface area contributed by atoms with Crippen LogP contribution in [0.5, 0.6) is 5.75 Å². The Bertz CT molecular complexity index is 1150. The van der Waals surface area contributed by atoms with Crippen molar-refractivity contribution in [2.75, 3.05) is 14.2 Å². The fourth-order valence-electron chi connectivity index (χ4n) is 2.74. The largest absolute Gasteiger partial charge is 0.497 e. The number of carbonyl (C=O) groups is 1. The van der Waals surface area contributed by atoms with Crippen LogP contribution in [0.25, 0.3) is 17.3 Å². The second kappa shape index (κ2) is 9.13. The first-order valence-corrected chi connectivity index (χ1v) is 8.89. The van der Waals surface area contributed by atoms with E-state index in [-0.39, 0.29) is 17.7 Å². The van der Waals surface area contributed by atoms with Crippen molar-refractivity contribution in [3.8, 4) is 17.0 Å². The molecule has 154 valence electrons. The smallest absolute Gasteiger partial charge is 0.343 e. The van der Waals surface area contributed by atoms with Gasteiger partial charge in [0.05, 0.1) is 26.5 Å². The molecule has 6 nitrogen and oxygen atoms in total. The van der Waals surface area contributed by atoms with Crippen LogP contribution < -0.4 is 10.3 Å². The van der Waals surface area contributed by atoms with Crippen molar-refractivity contribution in [1.82, 2.24) is 9.78 Å². The van der Waals surface area contributed by atoms with Gasteiger partial charge in [-0.15, -0.1) is 0 Å².